The summed E-state index contributed by atoms with van der Waals surface area (Å²) in [6, 6.07) is 6.04. The Kier molecular flexibility index (Phi) is 4.03. The van der Waals surface area contributed by atoms with Gasteiger partial charge in [0.15, 0.2) is 0 Å². The Balaban J connectivity index is 3.17. The molecule has 0 aliphatic rings. The molecule has 0 saturated carbocycles. The van der Waals surface area contributed by atoms with Gasteiger partial charge in [0.1, 0.15) is 0 Å². The molecule has 1 aromatic carbocycles. The number of benzene rings is 1. The molecule has 0 aliphatic carbocycles. The van der Waals surface area contributed by atoms with Gasteiger partial charge in [-0.1, -0.05) is 37.6 Å². The highest BCUT2D eigenvalue weighted by molar-refractivity contribution is 6.31. The fourth-order valence-corrected chi connectivity index (χ4v) is 2.60. The Labute approximate surface area is 103 Å². The van der Waals surface area contributed by atoms with Crippen LogP contribution in [-0.2, 0) is 0 Å². The zero-order valence-electron chi connectivity index (χ0n) is 10.7. The molecule has 0 fully saturated rings. The lowest BCUT2D eigenvalue weighted by Gasteiger charge is -2.33. The van der Waals surface area contributed by atoms with Crippen LogP contribution in [-0.4, -0.2) is 10.7 Å². The van der Waals surface area contributed by atoms with Gasteiger partial charge < -0.3 is 5.11 Å². The van der Waals surface area contributed by atoms with Crippen molar-refractivity contribution in [3.63, 3.8) is 0 Å². The molecule has 0 bridgehead atoms. The van der Waals surface area contributed by atoms with E-state index in [1.807, 2.05) is 32.9 Å². The van der Waals surface area contributed by atoms with Crippen molar-refractivity contribution in [3.8, 4) is 0 Å². The van der Waals surface area contributed by atoms with Gasteiger partial charge in [-0.3, -0.25) is 0 Å². The molecular formula is C14H21ClO. The van der Waals surface area contributed by atoms with Crippen molar-refractivity contribution < 1.29 is 5.11 Å². The van der Waals surface area contributed by atoms with E-state index in [-0.39, 0.29) is 5.92 Å². The number of aliphatic hydroxyl groups is 1. The predicted molar refractivity (Wildman–Crippen MR) is 70.1 cm³/mol. The van der Waals surface area contributed by atoms with Crippen molar-refractivity contribution in [3.05, 3.63) is 34.3 Å². The summed E-state index contributed by atoms with van der Waals surface area (Å²) in [5, 5.41) is 11.0. The van der Waals surface area contributed by atoms with Crippen LogP contribution < -0.4 is 0 Å². The van der Waals surface area contributed by atoms with Crippen molar-refractivity contribution in [1.82, 2.24) is 0 Å². The molecule has 0 saturated heterocycles. The minimum atomic E-state index is -0.729. The molecule has 0 aliphatic heterocycles. The number of hydrogen-bond acceptors (Lipinski definition) is 1. The summed E-state index contributed by atoms with van der Waals surface area (Å²) in [6.45, 7) is 9.93. The van der Waals surface area contributed by atoms with E-state index in [4.69, 9.17) is 11.6 Å². The second-order valence-electron chi connectivity index (χ2n) is 5.38. The summed E-state index contributed by atoms with van der Waals surface area (Å²) < 4.78 is 0. The summed E-state index contributed by atoms with van der Waals surface area (Å²) in [7, 11) is 0. The molecule has 1 rings (SSSR count). The highest BCUT2D eigenvalue weighted by Gasteiger charge is 2.31. The van der Waals surface area contributed by atoms with Gasteiger partial charge in [0.25, 0.3) is 0 Å². The molecule has 0 spiro atoms. The monoisotopic (exact) mass is 240 g/mol. The molecule has 16 heavy (non-hydrogen) atoms. The molecule has 0 radical (unpaired) electrons. The molecule has 1 N–H and O–H groups in total. The Morgan fingerprint density at radius 3 is 2.19 bits per heavy atom. The highest BCUT2D eigenvalue weighted by Crippen LogP contribution is 2.36. The minimum absolute atomic E-state index is 0.102. The topological polar surface area (TPSA) is 20.2 Å². The molecule has 0 unspecified atom stereocenters. The zero-order valence-corrected chi connectivity index (χ0v) is 11.5. The van der Waals surface area contributed by atoms with E-state index in [0.29, 0.717) is 5.92 Å². The number of hydrogen-bond donors (Lipinski definition) is 1. The fraction of sp³-hybridized carbons (Fsp3) is 0.571. The van der Waals surface area contributed by atoms with Crippen LogP contribution in [0.5, 0.6) is 0 Å². The molecule has 1 nitrogen and oxygen atoms in total. The maximum Gasteiger partial charge on any atom is 0.0662 e. The van der Waals surface area contributed by atoms with Gasteiger partial charge in [-0.25, -0.2) is 0 Å². The predicted octanol–water partition coefficient (Wildman–Crippen LogP) is 4.16. The van der Waals surface area contributed by atoms with E-state index in [1.54, 1.807) is 0 Å². The summed E-state index contributed by atoms with van der Waals surface area (Å²) in [6.07, 6.45) is 0. The van der Waals surface area contributed by atoms with Crippen molar-refractivity contribution in [2.24, 2.45) is 5.92 Å². The molecule has 90 valence electrons. The summed E-state index contributed by atoms with van der Waals surface area (Å²) >= 11 is 6.13. The second-order valence-corrected chi connectivity index (χ2v) is 5.79. The van der Waals surface area contributed by atoms with E-state index >= 15 is 0 Å². The first-order chi connectivity index (χ1) is 7.23. The van der Waals surface area contributed by atoms with E-state index in [1.165, 1.54) is 0 Å². The van der Waals surface area contributed by atoms with Crippen LogP contribution in [0.25, 0.3) is 0 Å². The Morgan fingerprint density at radius 2 is 1.81 bits per heavy atom. The molecular weight excluding hydrogens is 220 g/mol. The molecule has 0 heterocycles. The Morgan fingerprint density at radius 1 is 1.25 bits per heavy atom. The molecule has 2 heteroatoms. The minimum Gasteiger partial charge on any atom is -0.390 e. The summed E-state index contributed by atoms with van der Waals surface area (Å²) in [5.74, 6) is 0.476. The van der Waals surface area contributed by atoms with E-state index in [0.717, 1.165) is 16.1 Å². The first-order valence-corrected chi connectivity index (χ1v) is 6.09. The van der Waals surface area contributed by atoms with Crippen molar-refractivity contribution >= 4 is 11.6 Å². The third-order valence-corrected chi connectivity index (χ3v) is 3.39. The van der Waals surface area contributed by atoms with Gasteiger partial charge in [0.2, 0.25) is 0 Å². The van der Waals surface area contributed by atoms with Gasteiger partial charge >= 0.3 is 0 Å². The second kappa shape index (κ2) is 4.77. The third kappa shape index (κ3) is 2.99. The maximum absolute atomic E-state index is 10.2. The normalized spacial score (nSPS) is 14.2. The average molecular weight is 241 g/mol. The van der Waals surface area contributed by atoms with Gasteiger partial charge in [-0.15, -0.1) is 0 Å². The van der Waals surface area contributed by atoms with Gasteiger partial charge in [-0.2, -0.15) is 0 Å². The van der Waals surface area contributed by atoms with E-state index < -0.39 is 5.60 Å². The van der Waals surface area contributed by atoms with Crippen LogP contribution in [0, 0.1) is 12.8 Å². The standard InChI is InChI=1S/C14H21ClO/c1-9(2)13(14(4,5)16)11-7-6-10(3)12(15)8-11/h6-9,13,16H,1-5H3/t13-/m0/s1. The Hall–Kier alpha value is -0.530. The average Bonchev–Trinajstić information content (AvgIpc) is 2.08. The molecule has 0 aromatic heterocycles. The Bertz CT molecular complexity index is 363. The van der Waals surface area contributed by atoms with Gasteiger partial charge in [0, 0.05) is 10.9 Å². The van der Waals surface area contributed by atoms with Crippen LogP contribution in [0.15, 0.2) is 18.2 Å². The lowest BCUT2D eigenvalue weighted by molar-refractivity contribution is 0.0332. The first kappa shape index (κ1) is 13.5. The molecule has 0 amide bonds. The summed E-state index contributed by atoms with van der Waals surface area (Å²) in [5.41, 5.74) is 1.45. The zero-order chi connectivity index (χ0) is 12.5. The third-order valence-electron chi connectivity index (χ3n) is 2.98. The van der Waals surface area contributed by atoms with Gasteiger partial charge in [-0.05, 0) is 43.9 Å². The van der Waals surface area contributed by atoms with Crippen molar-refractivity contribution in [2.45, 2.75) is 46.1 Å². The highest BCUT2D eigenvalue weighted by atomic mass is 35.5. The van der Waals surface area contributed by atoms with Crippen LogP contribution in [0.1, 0.15) is 44.7 Å². The quantitative estimate of drug-likeness (QED) is 0.841. The smallest absolute Gasteiger partial charge is 0.0662 e. The van der Waals surface area contributed by atoms with Crippen LogP contribution in [0.4, 0.5) is 0 Å². The van der Waals surface area contributed by atoms with Crippen molar-refractivity contribution in [2.75, 3.05) is 0 Å². The number of halogens is 1. The fourth-order valence-electron chi connectivity index (χ4n) is 2.41. The maximum atomic E-state index is 10.2. The van der Waals surface area contributed by atoms with E-state index in [2.05, 4.69) is 19.9 Å². The van der Waals surface area contributed by atoms with E-state index in [9.17, 15) is 5.11 Å². The van der Waals surface area contributed by atoms with Crippen LogP contribution in [0.2, 0.25) is 5.02 Å². The molecule has 1 atom stereocenters. The number of rotatable bonds is 3. The largest absolute Gasteiger partial charge is 0.390 e. The number of aryl methyl sites for hydroxylation is 1. The molecule has 1 aromatic rings. The summed E-state index contributed by atoms with van der Waals surface area (Å²) in [4.78, 5) is 0. The van der Waals surface area contributed by atoms with Crippen LogP contribution >= 0.6 is 11.6 Å². The van der Waals surface area contributed by atoms with Crippen molar-refractivity contribution in [1.29, 1.82) is 0 Å². The SMILES string of the molecule is Cc1ccc([C@H](C(C)C)C(C)(C)O)cc1Cl. The lowest BCUT2D eigenvalue weighted by atomic mass is 9.77. The first-order valence-electron chi connectivity index (χ1n) is 5.72. The van der Waals surface area contributed by atoms with Crippen LogP contribution in [0.3, 0.4) is 0 Å². The van der Waals surface area contributed by atoms with Gasteiger partial charge in [0.05, 0.1) is 5.60 Å². The lowest BCUT2D eigenvalue weighted by Crippen LogP contribution is -2.32.